The van der Waals surface area contributed by atoms with Crippen LogP contribution in [0.3, 0.4) is 0 Å². The Kier molecular flexibility index (Phi) is 5.63. The van der Waals surface area contributed by atoms with E-state index in [-0.39, 0.29) is 17.4 Å². The van der Waals surface area contributed by atoms with Crippen molar-refractivity contribution in [2.45, 2.75) is 11.3 Å². The van der Waals surface area contributed by atoms with Gasteiger partial charge in [0.2, 0.25) is 5.91 Å². The monoisotopic (exact) mass is 368 g/mol. The van der Waals surface area contributed by atoms with Gasteiger partial charge in [-0.15, -0.1) is 11.3 Å². The smallest absolute Gasteiger partial charge is 0.234 e. The van der Waals surface area contributed by atoms with E-state index in [4.69, 9.17) is 0 Å². The number of nitrogens with one attached hydrogen (secondary N) is 1. The lowest BCUT2D eigenvalue weighted by atomic mass is 10.1. The SMILES string of the molecule is CC(=O)c1ccccc1NC(=O)CSc1nc(-c2ccccc2)cs1. The first-order valence-electron chi connectivity index (χ1n) is 7.67. The summed E-state index contributed by atoms with van der Waals surface area (Å²) < 4.78 is 0.842. The van der Waals surface area contributed by atoms with Crippen molar-refractivity contribution in [3.8, 4) is 11.3 Å². The fourth-order valence-corrected chi connectivity index (χ4v) is 3.91. The maximum Gasteiger partial charge on any atom is 0.234 e. The third-order valence-corrected chi connectivity index (χ3v) is 5.48. The third kappa shape index (κ3) is 4.55. The van der Waals surface area contributed by atoms with Crippen molar-refractivity contribution in [2.75, 3.05) is 11.1 Å². The van der Waals surface area contributed by atoms with Gasteiger partial charge in [0.05, 0.1) is 17.1 Å². The van der Waals surface area contributed by atoms with Crippen LogP contribution < -0.4 is 5.32 Å². The summed E-state index contributed by atoms with van der Waals surface area (Å²) in [5.41, 5.74) is 3.03. The van der Waals surface area contributed by atoms with Gasteiger partial charge >= 0.3 is 0 Å². The molecule has 0 unspecified atom stereocenters. The number of para-hydroxylation sites is 1. The zero-order chi connectivity index (χ0) is 17.6. The van der Waals surface area contributed by atoms with E-state index in [2.05, 4.69) is 10.3 Å². The van der Waals surface area contributed by atoms with E-state index in [0.717, 1.165) is 15.6 Å². The molecule has 3 rings (SSSR count). The first kappa shape index (κ1) is 17.4. The van der Waals surface area contributed by atoms with Crippen molar-refractivity contribution in [1.82, 2.24) is 4.98 Å². The van der Waals surface area contributed by atoms with Crippen molar-refractivity contribution < 1.29 is 9.59 Å². The van der Waals surface area contributed by atoms with Crippen LogP contribution in [0.5, 0.6) is 0 Å². The third-order valence-electron chi connectivity index (χ3n) is 3.46. The molecule has 0 spiro atoms. The topological polar surface area (TPSA) is 59.1 Å². The van der Waals surface area contributed by atoms with Crippen molar-refractivity contribution in [3.05, 3.63) is 65.5 Å². The highest BCUT2D eigenvalue weighted by Crippen LogP contribution is 2.28. The molecule has 0 saturated heterocycles. The van der Waals surface area contributed by atoms with Gasteiger partial charge in [0.25, 0.3) is 0 Å². The summed E-state index contributed by atoms with van der Waals surface area (Å²) in [4.78, 5) is 28.3. The van der Waals surface area contributed by atoms with Crippen LogP contribution >= 0.6 is 23.1 Å². The van der Waals surface area contributed by atoms with Crippen LogP contribution in [0.15, 0.2) is 64.3 Å². The van der Waals surface area contributed by atoms with Gasteiger partial charge in [0, 0.05) is 16.5 Å². The van der Waals surface area contributed by atoms with Crippen molar-refractivity contribution in [3.63, 3.8) is 0 Å². The Hall–Kier alpha value is -2.44. The van der Waals surface area contributed by atoms with Crippen molar-refractivity contribution >= 4 is 40.5 Å². The molecule has 0 bridgehead atoms. The summed E-state index contributed by atoms with van der Waals surface area (Å²) in [7, 11) is 0. The second kappa shape index (κ2) is 8.09. The Morgan fingerprint density at radius 1 is 1.08 bits per heavy atom. The van der Waals surface area contributed by atoms with Gasteiger partial charge in [-0.2, -0.15) is 0 Å². The van der Waals surface area contributed by atoms with Gasteiger partial charge in [-0.25, -0.2) is 4.98 Å². The average Bonchev–Trinajstić information content (AvgIpc) is 3.10. The largest absolute Gasteiger partial charge is 0.325 e. The molecule has 1 N–H and O–H groups in total. The Balaban J connectivity index is 1.60. The number of Topliss-reactive ketones (excluding diaryl/α,β-unsaturated/α-hetero) is 1. The average molecular weight is 368 g/mol. The summed E-state index contributed by atoms with van der Waals surface area (Å²) in [5.74, 6) is 0.0136. The number of rotatable bonds is 6. The minimum Gasteiger partial charge on any atom is -0.325 e. The second-order valence-electron chi connectivity index (χ2n) is 5.30. The molecule has 1 heterocycles. The van der Waals surface area contributed by atoms with Crippen LogP contribution in [0.25, 0.3) is 11.3 Å². The van der Waals surface area contributed by atoms with Gasteiger partial charge in [0.15, 0.2) is 10.1 Å². The first-order chi connectivity index (χ1) is 12.1. The first-order valence-corrected chi connectivity index (χ1v) is 9.53. The van der Waals surface area contributed by atoms with Crippen molar-refractivity contribution in [1.29, 1.82) is 0 Å². The lowest BCUT2D eigenvalue weighted by Gasteiger charge is -2.08. The lowest BCUT2D eigenvalue weighted by Crippen LogP contribution is -2.16. The van der Waals surface area contributed by atoms with Gasteiger partial charge in [0.1, 0.15) is 0 Å². The molecule has 1 aromatic heterocycles. The maximum absolute atomic E-state index is 12.2. The number of anilines is 1. The van der Waals surface area contributed by atoms with E-state index in [1.807, 2.05) is 35.7 Å². The maximum atomic E-state index is 12.2. The number of thiazole rings is 1. The molecule has 3 aromatic rings. The molecule has 0 aliphatic rings. The Morgan fingerprint density at radius 3 is 2.56 bits per heavy atom. The number of amides is 1. The number of carbonyl (C=O) groups is 2. The van der Waals surface area contributed by atoms with Gasteiger partial charge in [-0.3, -0.25) is 9.59 Å². The van der Waals surface area contributed by atoms with Gasteiger partial charge < -0.3 is 5.32 Å². The number of hydrogen-bond acceptors (Lipinski definition) is 5. The van der Waals surface area contributed by atoms with Crippen LogP contribution in [0, 0.1) is 0 Å². The summed E-state index contributed by atoms with van der Waals surface area (Å²) in [6, 6.07) is 16.9. The van der Waals surface area contributed by atoms with Crippen LogP contribution in [-0.4, -0.2) is 22.4 Å². The number of hydrogen-bond donors (Lipinski definition) is 1. The number of benzene rings is 2. The second-order valence-corrected chi connectivity index (χ2v) is 7.38. The zero-order valence-corrected chi connectivity index (χ0v) is 15.2. The van der Waals surface area contributed by atoms with E-state index in [1.54, 1.807) is 24.3 Å². The molecular formula is C19H16N2O2S2. The summed E-state index contributed by atoms with van der Waals surface area (Å²) in [6.07, 6.45) is 0. The molecule has 2 aromatic carbocycles. The molecule has 6 heteroatoms. The molecule has 0 atom stereocenters. The molecule has 0 aliphatic heterocycles. The molecule has 25 heavy (non-hydrogen) atoms. The van der Waals surface area contributed by atoms with E-state index in [1.165, 1.54) is 30.0 Å². The number of thioether (sulfide) groups is 1. The highest BCUT2D eigenvalue weighted by molar-refractivity contribution is 8.01. The Morgan fingerprint density at radius 2 is 1.80 bits per heavy atom. The predicted molar refractivity (Wildman–Crippen MR) is 103 cm³/mol. The highest BCUT2D eigenvalue weighted by atomic mass is 32.2. The predicted octanol–water partition coefficient (Wildman–Crippen LogP) is 4.74. The molecular weight excluding hydrogens is 352 g/mol. The Labute approximate surface area is 154 Å². The number of carbonyl (C=O) groups excluding carboxylic acids is 2. The Bertz CT molecular complexity index is 891. The fourth-order valence-electron chi connectivity index (χ4n) is 2.28. The minimum atomic E-state index is -0.157. The normalized spacial score (nSPS) is 10.4. The van der Waals surface area contributed by atoms with Crippen LogP contribution in [-0.2, 0) is 4.79 Å². The summed E-state index contributed by atoms with van der Waals surface area (Å²) >= 11 is 2.91. The van der Waals surface area contributed by atoms with E-state index < -0.39 is 0 Å². The van der Waals surface area contributed by atoms with E-state index in [9.17, 15) is 9.59 Å². The van der Waals surface area contributed by atoms with Crippen LogP contribution in [0.2, 0.25) is 0 Å². The van der Waals surface area contributed by atoms with E-state index >= 15 is 0 Å². The fraction of sp³-hybridized carbons (Fsp3) is 0.105. The number of nitrogens with zero attached hydrogens (tertiary/aromatic N) is 1. The van der Waals surface area contributed by atoms with Gasteiger partial charge in [-0.1, -0.05) is 54.2 Å². The number of ketones is 1. The van der Waals surface area contributed by atoms with Crippen LogP contribution in [0.1, 0.15) is 17.3 Å². The number of aromatic nitrogens is 1. The molecule has 1 amide bonds. The van der Waals surface area contributed by atoms with Crippen LogP contribution in [0.4, 0.5) is 5.69 Å². The lowest BCUT2D eigenvalue weighted by molar-refractivity contribution is -0.113. The molecule has 0 aliphatic carbocycles. The minimum absolute atomic E-state index is 0.0732. The molecule has 0 fully saturated rings. The molecule has 4 nitrogen and oxygen atoms in total. The van der Waals surface area contributed by atoms with Crippen molar-refractivity contribution in [2.24, 2.45) is 0 Å². The summed E-state index contributed by atoms with van der Waals surface area (Å²) in [6.45, 7) is 1.49. The highest BCUT2D eigenvalue weighted by Gasteiger charge is 2.11. The van der Waals surface area contributed by atoms with Gasteiger partial charge in [-0.05, 0) is 19.1 Å². The van der Waals surface area contributed by atoms with E-state index in [0.29, 0.717) is 11.3 Å². The molecule has 0 radical (unpaired) electrons. The summed E-state index contributed by atoms with van der Waals surface area (Å²) in [5, 5.41) is 4.78. The molecule has 126 valence electrons. The zero-order valence-electron chi connectivity index (χ0n) is 13.6. The molecule has 0 saturated carbocycles. The quantitative estimate of drug-likeness (QED) is 0.504. The standard InChI is InChI=1S/C19H16N2O2S2/c1-13(22)15-9-5-6-10-16(15)20-18(23)12-25-19-21-17(11-24-19)14-7-3-2-4-8-14/h2-11H,12H2,1H3,(H,20,23).